The highest BCUT2D eigenvalue weighted by Crippen LogP contribution is 2.30. The zero-order chi connectivity index (χ0) is 17.3. The molecule has 2 rings (SSSR count). The minimum atomic E-state index is 0.477. The lowest BCUT2D eigenvalue weighted by molar-refractivity contribution is 0.858. The van der Waals surface area contributed by atoms with Crippen molar-refractivity contribution in [1.82, 2.24) is 0 Å². The van der Waals surface area contributed by atoms with E-state index in [9.17, 15) is 0 Å². The first kappa shape index (κ1) is 17.4. The van der Waals surface area contributed by atoms with Gasteiger partial charge < -0.3 is 11.5 Å². The molecule has 0 saturated carbocycles. The zero-order valence-corrected chi connectivity index (χ0v) is 15.3. The van der Waals surface area contributed by atoms with Crippen molar-refractivity contribution in [3.63, 3.8) is 0 Å². The molecule has 2 aromatic rings. The molecular weight excluding hydrogens is 280 g/mol. The quantitative estimate of drug-likeness (QED) is 0.752. The summed E-state index contributed by atoms with van der Waals surface area (Å²) in [5.41, 5.74) is 21.8. The lowest BCUT2D eigenvalue weighted by Gasteiger charge is -2.18. The highest BCUT2D eigenvalue weighted by atomic mass is 14.6. The van der Waals surface area contributed by atoms with E-state index in [4.69, 9.17) is 11.5 Å². The summed E-state index contributed by atoms with van der Waals surface area (Å²) in [6.07, 6.45) is 0.882. The van der Waals surface area contributed by atoms with Crippen LogP contribution in [0.15, 0.2) is 24.3 Å². The SMILES string of the molecule is Cc1c(N)cc(C(C)C)cc1Cc1cc(C(C)C)cc(N)c1C. The summed E-state index contributed by atoms with van der Waals surface area (Å²) >= 11 is 0. The summed E-state index contributed by atoms with van der Waals surface area (Å²) in [5.74, 6) is 0.953. The molecule has 0 amide bonds. The summed E-state index contributed by atoms with van der Waals surface area (Å²) in [5, 5.41) is 0. The summed E-state index contributed by atoms with van der Waals surface area (Å²) in [4.78, 5) is 0. The third-order valence-electron chi connectivity index (χ3n) is 4.87. The Morgan fingerprint density at radius 1 is 0.696 bits per heavy atom. The van der Waals surface area contributed by atoms with Crippen LogP contribution in [-0.4, -0.2) is 0 Å². The number of nitrogens with two attached hydrogens (primary N) is 2. The lowest BCUT2D eigenvalue weighted by atomic mass is 9.89. The Hall–Kier alpha value is -1.96. The molecule has 0 aliphatic carbocycles. The van der Waals surface area contributed by atoms with Gasteiger partial charge in [0.05, 0.1) is 0 Å². The molecule has 0 radical (unpaired) electrons. The average molecular weight is 310 g/mol. The van der Waals surface area contributed by atoms with Gasteiger partial charge in [0.2, 0.25) is 0 Å². The molecule has 124 valence electrons. The van der Waals surface area contributed by atoms with Crippen LogP contribution in [0.1, 0.15) is 72.9 Å². The average Bonchev–Trinajstić information content (AvgIpc) is 2.47. The predicted octanol–water partition coefficient (Wildman–Crippen LogP) is 5.31. The Morgan fingerprint density at radius 2 is 1.04 bits per heavy atom. The minimum Gasteiger partial charge on any atom is -0.398 e. The fourth-order valence-electron chi connectivity index (χ4n) is 2.89. The third kappa shape index (κ3) is 3.69. The van der Waals surface area contributed by atoms with Crippen LogP contribution < -0.4 is 11.5 Å². The van der Waals surface area contributed by atoms with Crippen LogP contribution in [0.25, 0.3) is 0 Å². The Labute approximate surface area is 140 Å². The van der Waals surface area contributed by atoms with Gasteiger partial charge in [0.1, 0.15) is 0 Å². The van der Waals surface area contributed by atoms with Gasteiger partial charge in [-0.2, -0.15) is 0 Å². The highest BCUT2D eigenvalue weighted by molar-refractivity contribution is 5.58. The minimum absolute atomic E-state index is 0.477. The van der Waals surface area contributed by atoms with Crippen LogP contribution in [0, 0.1) is 13.8 Å². The normalized spacial score (nSPS) is 11.5. The molecule has 0 bridgehead atoms. The van der Waals surface area contributed by atoms with Gasteiger partial charge in [-0.3, -0.25) is 0 Å². The van der Waals surface area contributed by atoms with Crippen molar-refractivity contribution in [3.8, 4) is 0 Å². The van der Waals surface area contributed by atoms with Gasteiger partial charge in [-0.1, -0.05) is 39.8 Å². The van der Waals surface area contributed by atoms with Gasteiger partial charge in [-0.25, -0.2) is 0 Å². The Morgan fingerprint density at radius 3 is 1.35 bits per heavy atom. The molecule has 23 heavy (non-hydrogen) atoms. The molecular formula is C21H30N2. The maximum atomic E-state index is 6.23. The first-order valence-corrected chi connectivity index (χ1v) is 8.48. The molecule has 4 N–H and O–H groups in total. The molecule has 0 unspecified atom stereocenters. The Bertz CT molecular complexity index is 651. The van der Waals surface area contributed by atoms with Gasteiger partial charge in [0.25, 0.3) is 0 Å². The van der Waals surface area contributed by atoms with E-state index in [-0.39, 0.29) is 0 Å². The van der Waals surface area contributed by atoms with E-state index in [1.165, 1.54) is 33.4 Å². The van der Waals surface area contributed by atoms with Gasteiger partial charge in [0, 0.05) is 11.4 Å². The first-order valence-electron chi connectivity index (χ1n) is 8.48. The first-order chi connectivity index (χ1) is 10.7. The fraction of sp³-hybridized carbons (Fsp3) is 0.429. The van der Waals surface area contributed by atoms with Gasteiger partial charge in [-0.05, 0) is 77.6 Å². The predicted molar refractivity (Wildman–Crippen MR) is 102 cm³/mol. The molecule has 2 heteroatoms. The largest absolute Gasteiger partial charge is 0.398 e. The van der Waals surface area contributed by atoms with Crippen molar-refractivity contribution in [3.05, 3.63) is 57.6 Å². The maximum Gasteiger partial charge on any atom is 0.0349 e. The van der Waals surface area contributed by atoms with E-state index in [1.807, 2.05) is 0 Å². The van der Waals surface area contributed by atoms with Crippen LogP contribution in [0.5, 0.6) is 0 Å². The van der Waals surface area contributed by atoms with Crippen LogP contribution in [-0.2, 0) is 6.42 Å². The van der Waals surface area contributed by atoms with Crippen LogP contribution >= 0.6 is 0 Å². The number of benzene rings is 2. The maximum absolute atomic E-state index is 6.23. The third-order valence-corrected chi connectivity index (χ3v) is 4.87. The fourth-order valence-corrected chi connectivity index (χ4v) is 2.89. The molecule has 0 aliphatic rings. The van der Waals surface area contributed by atoms with Crippen molar-refractivity contribution < 1.29 is 0 Å². The zero-order valence-electron chi connectivity index (χ0n) is 15.3. The van der Waals surface area contributed by atoms with Crippen molar-refractivity contribution in [2.45, 2.75) is 59.8 Å². The number of hydrogen-bond donors (Lipinski definition) is 2. The number of anilines is 2. The van der Waals surface area contributed by atoms with Crippen molar-refractivity contribution in [2.24, 2.45) is 0 Å². The molecule has 0 saturated heterocycles. The van der Waals surface area contributed by atoms with Gasteiger partial charge >= 0.3 is 0 Å². The molecule has 0 heterocycles. The molecule has 0 aromatic heterocycles. The summed E-state index contributed by atoms with van der Waals surface area (Å²) in [7, 11) is 0. The van der Waals surface area contributed by atoms with Crippen LogP contribution in [0.3, 0.4) is 0 Å². The number of rotatable bonds is 4. The summed E-state index contributed by atoms with van der Waals surface area (Å²) < 4.78 is 0. The molecule has 0 fully saturated rings. The molecule has 2 nitrogen and oxygen atoms in total. The number of nitrogen functional groups attached to an aromatic ring is 2. The summed E-state index contributed by atoms with van der Waals surface area (Å²) in [6, 6.07) is 8.81. The van der Waals surface area contributed by atoms with Gasteiger partial charge in [0.15, 0.2) is 0 Å². The van der Waals surface area contributed by atoms with E-state index in [2.05, 4.69) is 65.8 Å². The topological polar surface area (TPSA) is 52.0 Å². The van der Waals surface area contributed by atoms with Crippen molar-refractivity contribution >= 4 is 11.4 Å². The van der Waals surface area contributed by atoms with E-state index in [1.54, 1.807) is 0 Å². The Balaban J connectivity index is 2.51. The summed E-state index contributed by atoms with van der Waals surface area (Å²) in [6.45, 7) is 13.0. The lowest BCUT2D eigenvalue weighted by Crippen LogP contribution is -2.04. The van der Waals surface area contributed by atoms with E-state index in [0.717, 1.165) is 17.8 Å². The Kier molecular flexibility index (Phi) is 5.03. The van der Waals surface area contributed by atoms with E-state index in [0.29, 0.717) is 11.8 Å². The molecule has 0 atom stereocenters. The van der Waals surface area contributed by atoms with Crippen molar-refractivity contribution in [1.29, 1.82) is 0 Å². The monoisotopic (exact) mass is 310 g/mol. The van der Waals surface area contributed by atoms with E-state index >= 15 is 0 Å². The second-order valence-electron chi connectivity index (χ2n) is 7.27. The highest BCUT2D eigenvalue weighted by Gasteiger charge is 2.12. The molecule has 0 aliphatic heterocycles. The van der Waals surface area contributed by atoms with Crippen molar-refractivity contribution in [2.75, 3.05) is 11.5 Å². The standard InChI is InChI=1S/C21H30N2/c1-12(2)16-7-18(14(5)20(22)10-16)9-19-8-17(13(3)4)11-21(23)15(19)6/h7-8,10-13H,9,22-23H2,1-6H3. The van der Waals surface area contributed by atoms with Gasteiger partial charge in [-0.15, -0.1) is 0 Å². The smallest absolute Gasteiger partial charge is 0.0349 e. The second-order valence-corrected chi connectivity index (χ2v) is 7.27. The van der Waals surface area contributed by atoms with Crippen LogP contribution in [0.4, 0.5) is 11.4 Å². The van der Waals surface area contributed by atoms with Crippen LogP contribution in [0.2, 0.25) is 0 Å². The number of hydrogen-bond acceptors (Lipinski definition) is 2. The second kappa shape index (κ2) is 6.66. The molecule has 2 aromatic carbocycles. The molecule has 0 spiro atoms. The van der Waals surface area contributed by atoms with E-state index < -0.39 is 0 Å².